The van der Waals surface area contributed by atoms with Gasteiger partial charge in [0.1, 0.15) is 16.9 Å². The van der Waals surface area contributed by atoms with Gasteiger partial charge < -0.3 is 19.9 Å². The van der Waals surface area contributed by atoms with E-state index in [0.29, 0.717) is 17.9 Å². The molecule has 0 aromatic carbocycles. The Morgan fingerprint density at radius 3 is 3.00 bits per heavy atom. The van der Waals surface area contributed by atoms with Gasteiger partial charge in [-0.15, -0.1) is 0 Å². The minimum atomic E-state index is -0.402. The number of fused-ring (bicyclic) bond motifs is 1. The van der Waals surface area contributed by atoms with Gasteiger partial charge in [-0.05, 0) is 25.0 Å². The van der Waals surface area contributed by atoms with Gasteiger partial charge in [0.2, 0.25) is 5.43 Å². The zero-order valence-corrected chi connectivity index (χ0v) is 13.3. The number of hydrogen-bond donors (Lipinski definition) is 2. The van der Waals surface area contributed by atoms with E-state index in [1.165, 1.54) is 6.20 Å². The van der Waals surface area contributed by atoms with Crippen LogP contribution in [0.15, 0.2) is 23.1 Å². The topological polar surface area (TPSA) is 87.3 Å². The third-order valence-electron chi connectivity index (χ3n) is 3.93. The van der Waals surface area contributed by atoms with Crippen molar-refractivity contribution >= 4 is 22.8 Å². The number of amides is 1. The van der Waals surface area contributed by atoms with Crippen molar-refractivity contribution in [2.24, 2.45) is 0 Å². The average molecular weight is 316 g/mol. The van der Waals surface area contributed by atoms with Crippen LogP contribution in [0.1, 0.15) is 23.2 Å². The van der Waals surface area contributed by atoms with Crippen molar-refractivity contribution in [2.45, 2.75) is 18.9 Å². The first-order valence-corrected chi connectivity index (χ1v) is 7.66. The number of anilines is 1. The molecule has 0 radical (unpaired) electrons. The van der Waals surface area contributed by atoms with Crippen LogP contribution in [0.5, 0.6) is 0 Å². The van der Waals surface area contributed by atoms with Crippen LogP contribution in [0.25, 0.3) is 11.0 Å². The van der Waals surface area contributed by atoms with Gasteiger partial charge in [-0.1, -0.05) is 0 Å². The summed E-state index contributed by atoms with van der Waals surface area (Å²) in [6.45, 7) is 1.15. The number of nitrogens with one attached hydrogen (secondary N) is 2. The number of H-pyrrole nitrogens is 1. The van der Waals surface area contributed by atoms with Gasteiger partial charge in [0.25, 0.3) is 5.91 Å². The third kappa shape index (κ3) is 3.19. The average Bonchev–Trinajstić information content (AvgIpc) is 3.06. The fourth-order valence-electron chi connectivity index (χ4n) is 2.61. The Hall–Kier alpha value is -2.41. The minimum Gasteiger partial charge on any atom is -0.376 e. The molecule has 1 fully saturated rings. The van der Waals surface area contributed by atoms with E-state index in [4.69, 9.17) is 4.74 Å². The lowest BCUT2D eigenvalue weighted by molar-refractivity contribution is 0.0857. The van der Waals surface area contributed by atoms with Crippen molar-refractivity contribution in [2.75, 3.05) is 32.1 Å². The number of rotatable bonds is 4. The lowest BCUT2D eigenvalue weighted by atomic mass is 10.2. The Kier molecular flexibility index (Phi) is 4.29. The van der Waals surface area contributed by atoms with Gasteiger partial charge in [0, 0.05) is 33.4 Å². The first kappa shape index (κ1) is 15.5. The van der Waals surface area contributed by atoms with Gasteiger partial charge in [-0.25, -0.2) is 4.98 Å². The Morgan fingerprint density at radius 1 is 1.48 bits per heavy atom. The number of hydrogen-bond acceptors (Lipinski definition) is 5. The highest BCUT2D eigenvalue weighted by Crippen LogP contribution is 2.13. The number of nitrogens with zero attached hydrogens (tertiary/aromatic N) is 2. The van der Waals surface area contributed by atoms with Crippen LogP contribution < -0.4 is 15.6 Å². The maximum absolute atomic E-state index is 12.5. The lowest BCUT2D eigenvalue weighted by Gasteiger charge is -2.12. The standard InChI is InChI=1S/C16H20N4O3/c1-20(2)13-6-5-12-14(19-13)15(21)11(9-17-12)16(22)18-8-10-4-3-7-23-10/h5-6,9-10H,3-4,7-8H2,1-2H3,(H,17,21)(H,18,22). The Labute approximate surface area is 133 Å². The molecule has 7 nitrogen and oxygen atoms in total. The van der Waals surface area contributed by atoms with E-state index >= 15 is 0 Å². The number of pyridine rings is 2. The zero-order valence-electron chi connectivity index (χ0n) is 13.3. The summed E-state index contributed by atoms with van der Waals surface area (Å²) in [7, 11) is 3.70. The van der Waals surface area contributed by atoms with E-state index in [-0.39, 0.29) is 22.6 Å². The van der Waals surface area contributed by atoms with E-state index in [9.17, 15) is 9.59 Å². The van der Waals surface area contributed by atoms with Crippen LogP contribution in [0.2, 0.25) is 0 Å². The highest BCUT2D eigenvalue weighted by molar-refractivity contribution is 5.96. The third-order valence-corrected chi connectivity index (χ3v) is 3.93. The Bertz CT molecular complexity index is 778. The van der Waals surface area contributed by atoms with Gasteiger partial charge in [0.05, 0.1) is 11.6 Å². The quantitative estimate of drug-likeness (QED) is 0.875. The van der Waals surface area contributed by atoms with Crippen LogP contribution in [0, 0.1) is 0 Å². The number of carbonyl (C=O) groups is 1. The molecule has 3 rings (SSSR count). The summed E-state index contributed by atoms with van der Waals surface area (Å²) in [5.41, 5.74) is 0.573. The number of carbonyl (C=O) groups excluding carboxylic acids is 1. The summed E-state index contributed by atoms with van der Waals surface area (Å²) < 4.78 is 5.46. The number of aromatic amines is 1. The normalized spacial score (nSPS) is 17.4. The molecule has 2 aromatic heterocycles. The second-order valence-electron chi connectivity index (χ2n) is 5.84. The molecule has 2 N–H and O–H groups in total. The summed E-state index contributed by atoms with van der Waals surface area (Å²) in [4.78, 5) is 33.9. The SMILES string of the molecule is CN(C)c1ccc2[nH]cc(C(=O)NCC3CCCO3)c(=O)c2n1. The first-order valence-electron chi connectivity index (χ1n) is 7.66. The Morgan fingerprint density at radius 2 is 2.30 bits per heavy atom. The first-order chi connectivity index (χ1) is 11.1. The molecule has 122 valence electrons. The van der Waals surface area contributed by atoms with Crippen molar-refractivity contribution in [1.82, 2.24) is 15.3 Å². The maximum Gasteiger partial charge on any atom is 0.256 e. The van der Waals surface area contributed by atoms with Crippen molar-refractivity contribution in [3.8, 4) is 0 Å². The molecule has 3 heterocycles. The van der Waals surface area contributed by atoms with Crippen molar-refractivity contribution in [3.05, 3.63) is 34.1 Å². The molecule has 1 amide bonds. The molecule has 0 aliphatic carbocycles. The monoisotopic (exact) mass is 316 g/mol. The zero-order chi connectivity index (χ0) is 16.4. The van der Waals surface area contributed by atoms with Crippen molar-refractivity contribution in [3.63, 3.8) is 0 Å². The molecule has 2 aromatic rings. The predicted molar refractivity (Wildman–Crippen MR) is 88.0 cm³/mol. The largest absolute Gasteiger partial charge is 0.376 e. The van der Waals surface area contributed by atoms with Gasteiger partial charge >= 0.3 is 0 Å². The Balaban J connectivity index is 1.86. The molecule has 0 spiro atoms. The van der Waals surface area contributed by atoms with Crippen LogP contribution >= 0.6 is 0 Å². The van der Waals surface area contributed by atoms with E-state index in [1.54, 1.807) is 6.07 Å². The fraction of sp³-hybridized carbons (Fsp3) is 0.438. The van der Waals surface area contributed by atoms with Crippen LogP contribution in [0.3, 0.4) is 0 Å². The summed E-state index contributed by atoms with van der Waals surface area (Å²) in [6.07, 6.45) is 3.42. The van der Waals surface area contributed by atoms with E-state index < -0.39 is 5.91 Å². The van der Waals surface area contributed by atoms with Gasteiger partial charge in [-0.2, -0.15) is 0 Å². The van der Waals surface area contributed by atoms with Gasteiger partial charge in [-0.3, -0.25) is 9.59 Å². The summed E-state index contributed by atoms with van der Waals surface area (Å²) >= 11 is 0. The fourth-order valence-corrected chi connectivity index (χ4v) is 2.61. The molecule has 7 heteroatoms. The van der Waals surface area contributed by atoms with E-state index in [2.05, 4.69) is 15.3 Å². The van der Waals surface area contributed by atoms with Crippen LogP contribution in [-0.4, -0.2) is 49.2 Å². The summed E-state index contributed by atoms with van der Waals surface area (Å²) in [5.74, 6) is 0.264. The predicted octanol–water partition coefficient (Wildman–Crippen LogP) is 0.898. The van der Waals surface area contributed by atoms with Gasteiger partial charge in [0.15, 0.2) is 0 Å². The van der Waals surface area contributed by atoms with Crippen LogP contribution in [0.4, 0.5) is 5.82 Å². The molecule has 1 unspecified atom stereocenters. The van der Waals surface area contributed by atoms with Crippen molar-refractivity contribution < 1.29 is 9.53 Å². The number of aromatic nitrogens is 2. The minimum absolute atomic E-state index is 0.0388. The molecule has 1 aliphatic heterocycles. The molecular weight excluding hydrogens is 296 g/mol. The summed E-state index contributed by atoms with van der Waals surface area (Å²) in [6, 6.07) is 3.60. The van der Waals surface area contributed by atoms with E-state index in [0.717, 1.165) is 19.4 Å². The molecule has 0 bridgehead atoms. The smallest absolute Gasteiger partial charge is 0.256 e. The number of ether oxygens (including phenoxy) is 1. The molecule has 1 saturated heterocycles. The maximum atomic E-state index is 12.5. The molecule has 1 atom stereocenters. The highest BCUT2D eigenvalue weighted by atomic mass is 16.5. The summed E-state index contributed by atoms with van der Waals surface area (Å²) in [5, 5.41) is 2.76. The van der Waals surface area contributed by atoms with E-state index in [1.807, 2.05) is 25.1 Å². The molecule has 23 heavy (non-hydrogen) atoms. The molecule has 1 aliphatic rings. The second-order valence-corrected chi connectivity index (χ2v) is 5.84. The lowest BCUT2D eigenvalue weighted by Crippen LogP contribution is -2.34. The molecule has 0 saturated carbocycles. The van der Waals surface area contributed by atoms with Crippen molar-refractivity contribution in [1.29, 1.82) is 0 Å². The highest BCUT2D eigenvalue weighted by Gasteiger charge is 2.19. The molecular formula is C16H20N4O3. The second kappa shape index (κ2) is 6.37. The van der Waals surface area contributed by atoms with Crippen LogP contribution in [-0.2, 0) is 4.74 Å².